The molecule has 8 rings (SSSR count). The minimum absolute atomic E-state index is 0.0290. The smallest absolute Gasteiger partial charge is 0.406 e. The van der Waals surface area contributed by atoms with Crippen LogP contribution in [0, 0.1) is 37.7 Å². The van der Waals surface area contributed by atoms with E-state index in [9.17, 15) is 38.5 Å². The molecule has 0 bridgehead atoms. The molecule has 2 aromatic carbocycles. The number of nitrogens with zero attached hydrogens (tertiary/aromatic N) is 12. The first-order chi connectivity index (χ1) is 32.9. The van der Waals surface area contributed by atoms with Crippen molar-refractivity contribution in [1.29, 1.82) is 0 Å². The predicted molar refractivity (Wildman–Crippen MR) is 261 cm³/mol. The van der Waals surface area contributed by atoms with Crippen molar-refractivity contribution in [3.05, 3.63) is 187 Å². The molecule has 6 aromatic heterocycles. The highest BCUT2D eigenvalue weighted by Crippen LogP contribution is 2.34. The summed E-state index contributed by atoms with van der Waals surface area (Å²) in [6, 6.07) is 14.9. The van der Waals surface area contributed by atoms with Gasteiger partial charge in [0.05, 0.1) is 38.8 Å². The van der Waals surface area contributed by atoms with Crippen LogP contribution in [0.4, 0.5) is 24.8 Å². The summed E-state index contributed by atoms with van der Waals surface area (Å²) in [5, 5.41) is 48.9. The number of rotatable bonds is 14. The molecule has 69 heavy (non-hydrogen) atoms. The van der Waals surface area contributed by atoms with Crippen LogP contribution in [-0.4, -0.2) is 64.0 Å². The Morgan fingerprint density at radius 2 is 1.12 bits per heavy atom. The monoisotopic (exact) mass is 1200 g/mol. The number of aryl methyl sites for hydroxylation is 2. The van der Waals surface area contributed by atoms with Gasteiger partial charge >= 0.3 is 11.6 Å². The van der Waals surface area contributed by atoms with E-state index in [2.05, 4.69) is 94.1 Å². The van der Waals surface area contributed by atoms with Crippen LogP contribution in [0.2, 0.25) is 0 Å². The average Bonchev–Trinajstić information content (AvgIpc) is 4.12. The lowest BCUT2D eigenvalue weighted by Crippen LogP contribution is -2.12. The van der Waals surface area contributed by atoms with Crippen LogP contribution < -0.4 is 4.74 Å². The van der Waals surface area contributed by atoms with E-state index in [0.29, 0.717) is 44.3 Å². The van der Waals surface area contributed by atoms with Crippen molar-refractivity contribution in [3.63, 3.8) is 0 Å². The number of ether oxygens (including phenoxy) is 1. The molecule has 0 saturated carbocycles. The van der Waals surface area contributed by atoms with Gasteiger partial charge in [0.2, 0.25) is 11.6 Å². The second kappa shape index (κ2) is 23.4. The normalized spacial score (nSPS) is 11.8. The van der Waals surface area contributed by atoms with Crippen LogP contribution in [0.1, 0.15) is 73.5 Å². The molecule has 18 nitrogen and oxygen atoms in total. The molecule has 0 amide bonds. The van der Waals surface area contributed by atoms with Gasteiger partial charge in [0.15, 0.2) is 12.4 Å². The molecule has 2 unspecified atom stereocenters. The van der Waals surface area contributed by atoms with Crippen molar-refractivity contribution >= 4 is 75.4 Å². The molecular weight excluding hydrogens is 1170 g/mol. The lowest BCUT2D eigenvalue weighted by atomic mass is 10.1. The maximum atomic E-state index is 14.3. The van der Waals surface area contributed by atoms with Crippen molar-refractivity contribution in [2.75, 3.05) is 0 Å². The minimum Gasteiger partial charge on any atom is -0.478 e. The topological polar surface area (TPSA) is 213 Å². The highest BCUT2D eigenvalue weighted by molar-refractivity contribution is 9.11. The number of aliphatic hydroxyl groups is 1. The molecule has 0 aliphatic rings. The Morgan fingerprint density at radius 1 is 0.652 bits per heavy atom. The first-order valence-electron chi connectivity index (χ1n) is 20.6. The van der Waals surface area contributed by atoms with Crippen molar-refractivity contribution in [2.45, 2.75) is 65.8 Å². The zero-order valence-corrected chi connectivity index (χ0v) is 43.1. The second-order valence-electron chi connectivity index (χ2n) is 14.7. The maximum Gasteiger partial charge on any atom is 0.406 e. The number of nitro groups is 2. The Kier molecular flexibility index (Phi) is 17.7. The maximum absolute atomic E-state index is 14.3. The molecule has 0 spiro atoms. The van der Waals surface area contributed by atoms with E-state index in [1.807, 2.05) is 41.5 Å². The third-order valence-electron chi connectivity index (χ3n) is 10.0. The molecule has 25 heteroatoms. The molecule has 1 N–H and O–H groups in total. The zero-order valence-electron chi connectivity index (χ0n) is 36.7. The number of aliphatic hydroxyl groups excluding tert-OH is 1. The van der Waals surface area contributed by atoms with Crippen molar-refractivity contribution in [2.24, 2.45) is 0 Å². The molecule has 0 fully saturated rings. The largest absolute Gasteiger partial charge is 0.478 e. The van der Waals surface area contributed by atoms with E-state index in [4.69, 9.17) is 4.74 Å². The summed E-state index contributed by atoms with van der Waals surface area (Å²) >= 11 is 13.3. The molecule has 0 radical (unpaired) electrons. The summed E-state index contributed by atoms with van der Waals surface area (Å²) in [7, 11) is 0. The van der Waals surface area contributed by atoms with Crippen LogP contribution in [0.15, 0.2) is 116 Å². The summed E-state index contributed by atoms with van der Waals surface area (Å²) < 4.78 is 56.1. The SMILES string of the molecule is CCn1ncc(Cc2ccnn2-c2ccc(F)cc2C(C)O)c1Br.CCn1ncc(Cc2ccnn2-c2ccc(F)cc2C(C)Oc2cc(Br)cnc2[N+](=O)[O-])c1Br.O=[N+]([O-])c1ncc(Br)cc1F. The fraction of sp³-hybridized carbons (Fsp3) is 0.227. The Morgan fingerprint density at radius 3 is 1.57 bits per heavy atom. The minimum atomic E-state index is -0.940. The van der Waals surface area contributed by atoms with Gasteiger partial charge in [-0.25, -0.2) is 18.1 Å². The quantitative estimate of drug-likeness (QED) is 0.0795. The first-order valence-corrected chi connectivity index (χ1v) is 23.7. The van der Waals surface area contributed by atoms with Gasteiger partial charge in [0, 0.05) is 84.1 Å². The Bertz CT molecular complexity index is 3110. The second-order valence-corrected chi connectivity index (χ2v) is 18.0. The molecule has 0 aliphatic heterocycles. The standard InChI is InChI=1S/C22H19Br2FN6O3.C17H18BrFN4O.C5H2BrFN2O2/c1-3-29-21(24)14(11-28-29)8-17-6-7-27-30(17)19-5-4-16(25)10-18(19)13(2)34-20-9-15(23)12-26-22(20)31(32)33;1-3-22-17(18)12(10-21-22)8-14-6-7-20-23(14)16-5-4-13(19)9-15(16)11(2)24;6-3-1-4(7)5(8-2-3)9(10)11/h4-7,9-13H,3,8H2,1-2H3;4-7,9-11,24H,3,8H2,1-2H3;1-2H. The van der Waals surface area contributed by atoms with E-state index < -0.39 is 45.3 Å². The van der Waals surface area contributed by atoms with Gasteiger partial charge in [-0.05, 0) is 160 Å². The van der Waals surface area contributed by atoms with E-state index in [1.165, 1.54) is 42.7 Å². The molecule has 6 heterocycles. The van der Waals surface area contributed by atoms with Crippen molar-refractivity contribution < 1.29 is 32.9 Å². The van der Waals surface area contributed by atoms with E-state index in [1.54, 1.807) is 53.9 Å². The van der Waals surface area contributed by atoms with Crippen LogP contribution in [0.25, 0.3) is 11.4 Å². The van der Waals surface area contributed by atoms with Crippen LogP contribution in [0.3, 0.4) is 0 Å². The number of aromatic nitrogens is 10. The predicted octanol–water partition coefficient (Wildman–Crippen LogP) is 11.3. The molecular formula is C44H39Br4F3N12O6. The zero-order chi connectivity index (χ0) is 50.1. The first kappa shape index (κ1) is 52.2. The third kappa shape index (κ3) is 12.7. The van der Waals surface area contributed by atoms with Gasteiger partial charge in [-0.3, -0.25) is 9.36 Å². The summed E-state index contributed by atoms with van der Waals surface area (Å²) in [5.74, 6) is -2.99. The number of hydrogen-bond donors (Lipinski definition) is 1. The van der Waals surface area contributed by atoms with Crippen molar-refractivity contribution in [3.8, 4) is 17.1 Å². The van der Waals surface area contributed by atoms with Crippen LogP contribution in [0.5, 0.6) is 5.75 Å². The summed E-state index contributed by atoms with van der Waals surface area (Å²) in [4.78, 5) is 27.0. The molecule has 8 aromatic rings. The van der Waals surface area contributed by atoms with E-state index >= 15 is 0 Å². The van der Waals surface area contributed by atoms with Crippen LogP contribution in [-0.2, 0) is 25.9 Å². The highest BCUT2D eigenvalue weighted by atomic mass is 79.9. The van der Waals surface area contributed by atoms with Gasteiger partial charge in [-0.2, -0.15) is 24.8 Å². The van der Waals surface area contributed by atoms with Crippen molar-refractivity contribution in [1.82, 2.24) is 49.1 Å². The fourth-order valence-electron chi connectivity index (χ4n) is 6.78. The Hall–Kier alpha value is -6.15. The molecule has 2 atom stereocenters. The van der Waals surface area contributed by atoms with Gasteiger partial charge in [0.25, 0.3) is 0 Å². The number of hydrogen-bond acceptors (Lipinski definition) is 12. The van der Waals surface area contributed by atoms with E-state index in [-0.39, 0.29) is 11.6 Å². The molecule has 360 valence electrons. The molecule has 0 saturated heterocycles. The lowest BCUT2D eigenvalue weighted by Gasteiger charge is -2.19. The third-order valence-corrected chi connectivity index (χ3v) is 12.7. The average molecular weight is 1210 g/mol. The summed E-state index contributed by atoms with van der Waals surface area (Å²) in [5.41, 5.74) is 6.05. The van der Waals surface area contributed by atoms with Gasteiger partial charge in [-0.15, -0.1) is 0 Å². The number of benzene rings is 2. The highest BCUT2D eigenvalue weighted by Gasteiger charge is 2.24. The summed E-state index contributed by atoms with van der Waals surface area (Å²) in [6.07, 6.45) is 9.09. The van der Waals surface area contributed by atoms with Gasteiger partial charge in [-0.1, -0.05) is 0 Å². The van der Waals surface area contributed by atoms with Crippen LogP contribution >= 0.6 is 63.7 Å². The molecule has 0 aliphatic carbocycles. The Balaban J connectivity index is 0.000000193. The summed E-state index contributed by atoms with van der Waals surface area (Å²) in [6.45, 7) is 8.84. The van der Waals surface area contributed by atoms with Gasteiger partial charge < -0.3 is 30.1 Å². The van der Waals surface area contributed by atoms with Gasteiger partial charge in [0.1, 0.15) is 26.9 Å². The number of halogens is 7. The fourth-order valence-corrected chi connectivity index (χ4v) is 8.56. The lowest BCUT2D eigenvalue weighted by molar-refractivity contribution is -0.392. The Labute approximate surface area is 425 Å². The van der Waals surface area contributed by atoms with E-state index in [0.717, 1.165) is 50.9 Å². The number of pyridine rings is 2.